The van der Waals surface area contributed by atoms with Crippen molar-refractivity contribution in [1.29, 1.82) is 0 Å². The normalized spacial score (nSPS) is 12.3. The van der Waals surface area contributed by atoms with E-state index < -0.39 is 12.1 Å². The highest BCUT2D eigenvalue weighted by atomic mass is 32.1. The van der Waals surface area contributed by atoms with Gasteiger partial charge in [-0.1, -0.05) is 20.8 Å². The van der Waals surface area contributed by atoms with Crippen LogP contribution in [0.25, 0.3) is 22.2 Å². The van der Waals surface area contributed by atoms with Crippen molar-refractivity contribution in [3.63, 3.8) is 0 Å². The Balaban J connectivity index is 2.06. The Morgan fingerprint density at radius 1 is 1.29 bits per heavy atom. The maximum atomic E-state index is 12.9. The number of carbonyl (C=O) groups excluding carboxylic acids is 1. The van der Waals surface area contributed by atoms with E-state index in [-0.39, 0.29) is 18.0 Å². The lowest BCUT2D eigenvalue weighted by Crippen LogP contribution is -2.34. The van der Waals surface area contributed by atoms with E-state index in [0.29, 0.717) is 34.4 Å². The molecular weight excluding hydrogens is 378 g/mol. The summed E-state index contributed by atoms with van der Waals surface area (Å²) in [5, 5.41) is 2.27. The van der Waals surface area contributed by atoms with Crippen molar-refractivity contribution in [1.82, 2.24) is 4.98 Å². The summed E-state index contributed by atoms with van der Waals surface area (Å²) in [7, 11) is 0. The summed E-state index contributed by atoms with van der Waals surface area (Å²) in [4.78, 5) is 29.4. The second-order valence-electron chi connectivity index (χ2n) is 6.70. The number of aryl methyl sites for hydroxylation is 1. The summed E-state index contributed by atoms with van der Waals surface area (Å²) < 4.78 is 16.9. The van der Waals surface area contributed by atoms with Gasteiger partial charge < -0.3 is 13.9 Å². The molecule has 1 aromatic carbocycles. The first-order valence-electron chi connectivity index (χ1n) is 9.26. The molecule has 2 aromatic heterocycles. The van der Waals surface area contributed by atoms with Crippen LogP contribution in [0.3, 0.4) is 0 Å². The van der Waals surface area contributed by atoms with Crippen LogP contribution in [0, 0.1) is 5.92 Å². The van der Waals surface area contributed by atoms with Crippen LogP contribution in [0.15, 0.2) is 38.5 Å². The maximum Gasteiger partial charge on any atom is 0.347 e. The molecule has 148 valence electrons. The molecule has 7 heteroatoms. The minimum absolute atomic E-state index is 0.0708. The number of thiazole rings is 1. The van der Waals surface area contributed by atoms with Gasteiger partial charge in [-0.25, -0.2) is 9.78 Å². The number of nitrogens with zero attached hydrogens (tertiary/aromatic N) is 1. The van der Waals surface area contributed by atoms with Crippen molar-refractivity contribution >= 4 is 28.3 Å². The van der Waals surface area contributed by atoms with Gasteiger partial charge >= 0.3 is 5.97 Å². The van der Waals surface area contributed by atoms with Gasteiger partial charge in [-0.15, -0.1) is 11.3 Å². The average molecular weight is 401 g/mol. The summed E-state index contributed by atoms with van der Waals surface area (Å²) >= 11 is 1.42. The van der Waals surface area contributed by atoms with Crippen molar-refractivity contribution in [2.45, 2.75) is 40.2 Å². The lowest BCUT2D eigenvalue weighted by Gasteiger charge is -2.22. The molecule has 6 nitrogen and oxygen atoms in total. The molecule has 0 amide bonds. The number of rotatable bonds is 7. The number of fused-ring (bicyclic) bond motifs is 1. The largest absolute Gasteiger partial charge is 0.478 e. The van der Waals surface area contributed by atoms with Crippen molar-refractivity contribution < 1.29 is 18.7 Å². The fraction of sp³-hybridized carbons (Fsp3) is 0.381. The van der Waals surface area contributed by atoms with E-state index in [4.69, 9.17) is 13.9 Å². The fourth-order valence-electron chi connectivity index (χ4n) is 2.93. The summed E-state index contributed by atoms with van der Waals surface area (Å²) in [6.07, 6.45) is 1.32. The van der Waals surface area contributed by atoms with Crippen molar-refractivity contribution in [3.05, 3.63) is 45.1 Å². The standard InChI is InChI=1S/C21H23NO5S/c1-5-13-7-14-18(26-9-15(19(14)23)16-10-28-11-22-16)8-17(13)27-20(12(3)4)21(24)25-6-2/h7-12,20H,5-6H2,1-4H3/t20-/m0/s1. The van der Waals surface area contributed by atoms with Crippen molar-refractivity contribution in [2.24, 2.45) is 5.92 Å². The molecule has 0 radical (unpaired) electrons. The molecule has 0 fully saturated rings. The van der Waals surface area contributed by atoms with Gasteiger partial charge in [-0.3, -0.25) is 4.79 Å². The number of benzene rings is 1. The highest BCUT2D eigenvalue weighted by Gasteiger charge is 2.27. The molecular formula is C21H23NO5S. The van der Waals surface area contributed by atoms with Crippen LogP contribution < -0.4 is 10.2 Å². The summed E-state index contributed by atoms with van der Waals surface area (Å²) in [6, 6.07) is 3.45. The number of carbonyl (C=O) groups is 1. The van der Waals surface area contributed by atoms with Crippen LogP contribution in [0.1, 0.15) is 33.3 Å². The van der Waals surface area contributed by atoms with Crippen molar-refractivity contribution in [2.75, 3.05) is 6.61 Å². The summed E-state index contributed by atoms with van der Waals surface area (Å²) in [5.41, 5.74) is 3.79. The minimum atomic E-state index is -0.733. The SMILES string of the molecule is CCOC(=O)[C@@H](Oc1cc2occ(-c3cscn3)c(=O)c2cc1CC)C(C)C. The summed E-state index contributed by atoms with van der Waals surface area (Å²) in [6.45, 7) is 7.81. The third kappa shape index (κ3) is 3.94. The topological polar surface area (TPSA) is 78.6 Å². The van der Waals surface area contributed by atoms with Crippen LogP contribution in [-0.2, 0) is 16.0 Å². The van der Waals surface area contributed by atoms with E-state index >= 15 is 0 Å². The van der Waals surface area contributed by atoms with E-state index in [1.54, 1.807) is 24.6 Å². The molecule has 0 bridgehead atoms. The van der Waals surface area contributed by atoms with Gasteiger partial charge in [0.2, 0.25) is 5.43 Å². The number of aromatic nitrogens is 1. The number of hydrogen-bond acceptors (Lipinski definition) is 7. The molecule has 0 aliphatic carbocycles. The molecule has 0 N–H and O–H groups in total. The highest BCUT2D eigenvalue weighted by Crippen LogP contribution is 2.29. The van der Waals surface area contributed by atoms with Gasteiger partial charge in [0.15, 0.2) is 6.10 Å². The highest BCUT2D eigenvalue weighted by molar-refractivity contribution is 7.07. The Labute approximate surface area is 167 Å². The number of hydrogen-bond donors (Lipinski definition) is 0. The third-order valence-electron chi connectivity index (χ3n) is 4.42. The van der Waals surface area contributed by atoms with Gasteiger partial charge in [0, 0.05) is 17.4 Å². The smallest absolute Gasteiger partial charge is 0.347 e. The monoisotopic (exact) mass is 401 g/mol. The Hall–Kier alpha value is -2.67. The molecule has 0 saturated heterocycles. The third-order valence-corrected chi connectivity index (χ3v) is 5.01. The van der Waals surface area contributed by atoms with Crippen LogP contribution in [-0.4, -0.2) is 23.7 Å². The van der Waals surface area contributed by atoms with E-state index in [9.17, 15) is 9.59 Å². The van der Waals surface area contributed by atoms with Crippen LogP contribution >= 0.6 is 11.3 Å². The Kier molecular flexibility index (Phi) is 6.14. The lowest BCUT2D eigenvalue weighted by atomic mass is 10.0. The van der Waals surface area contributed by atoms with Crippen LogP contribution in [0.2, 0.25) is 0 Å². The Morgan fingerprint density at radius 2 is 2.07 bits per heavy atom. The first-order chi connectivity index (χ1) is 13.5. The Morgan fingerprint density at radius 3 is 2.68 bits per heavy atom. The zero-order valence-electron chi connectivity index (χ0n) is 16.4. The second kappa shape index (κ2) is 8.56. The first kappa shape index (κ1) is 20.1. The predicted molar refractivity (Wildman–Crippen MR) is 109 cm³/mol. The summed E-state index contributed by atoms with van der Waals surface area (Å²) in [5.74, 6) is 0.0461. The van der Waals surface area contributed by atoms with Gasteiger partial charge in [-0.05, 0) is 25.0 Å². The fourth-order valence-corrected chi connectivity index (χ4v) is 3.48. The number of ether oxygens (including phenoxy) is 2. The molecule has 0 aliphatic heterocycles. The lowest BCUT2D eigenvalue weighted by molar-refractivity contribution is -0.153. The minimum Gasteiger partial charge on any atom is -0.478 e. The molecule has 0 aliphatic rings. The molecule has 0 unspecified atom stereocenters. The van der Waals surface area contributed by atoms with E-state index in [2.05, 4.69) is 4.98 Å². The van der Waals surface area contributed by atoms with Crippen LogP contribution in [0.5, 0.6) is 5.75 Å². The van der Waals surface area contributed by atoms with E-state index in [0.717, 1.165) is 5.56 Å². The van der Waals surface area contributed by atoms with Gasteiger partial charge in [-0.2, -0.15) is 0 Å². The van der Waals surface area contributed by atoms with Gasteiger partial charge in [0.05, 0.1) is 28.8 Å². The quantitative estimate of drug-likeness (QED) is 0.545. The Bertz CT molecular complexity index is 1020. The van der Waals surface area contributed by atoms with Crippen LogP contribution in [0.4, 0.5) is 0 Å². The molecule has 1 atom stereocenters. The van der Waals surface area contributed by atoms with Gasteiger partial charge in [0.1, 0.15) is 17.6 Å². The molecule has 3 rings (SSSR count). The average Bonchev–Trinajstić information content (AvgIpc) is 3.20. The first-order valence-corrected chi connectivity index (χ1v) is 10.2. The zero-order valence-corrected chi connectivity index (χ0v) is 17.2. The second-order valence-corrected chi connectivity index (χ2v) is 7.42. The molecule has 2 heterocycles. The molecule has 28 heavy (non-hydrogen) atoms. The molecule has 0 spiro atoms. The van der Waals surface area contributed by atoms with E-state index in [1.807, 2.05) is 26.2 Å². The zero-order chi connectivity index (χ0) is 20.3. The van der Waals surface area contributed by atoms with Crippen molar-refractivity contribution in [3.8, 4) is 17.0 Å². The molecule has 3 aromatic rings. The molecule has 0 saturated carbocycles. The number of esters is 1. The van der Waals surface area contributed by atoms with E-state index in [1.165, 1.54) is 17.6 Å². The van der Waals surface area contributed by atoms with Gasteiger partial charge in [0.25, 0.3) is 0 Å². The predicted octanol–water partition coefficient (Wildman–Crippen LogP) is 4.45. The maximum absolute atomic E-state index is 12.9.